The summed E-state index contributed by atoms with van der Waals surface area (Å²) in [6.07, 6.45) is 13.5. The molecule has 0 aromatic carbocycles. The second-order valence-electron chi connectivity index (χ2n) is 5.92. The van der Waals surface area contributed by atoms with Crippen molar-refractivity contribution < 1.29 is 19.8 Å². The number of hydrogen-bond acceptors (Lipinski definition) is 3. The van der Waals surface area contributed by atoms with E-state index in [1.807, 2.05) is 0 Å². The number of carboxylic acid groups (broad SMARTS) is 1. The molecule has 0 amide bonds. The normalized spacial score (nSPS) is 12.6. The number of carboxylic acids is 1. The maximum atomic E-state index is 11.4. The largest absolute Gasteiger partial charge is 0.481 e. The summed E-state index contributed by atoms with van der Waals surface area (Å²) >= 11 is 0. The van der Waals surface area contributed by atoms with E-state index in [9.17, 15) is 14.7 Å². The summed E-state index contributed by atoms with van der Waals surface area (Å²) in [4.78, 5) is 21.7. The number of allylic oxidation sites excluding steroid dienone is 1. The van der Waals surface area contributed by atoms with Crippen molar-refractivity contribution in [2.45, 2.75) is 90.1 Å². The minimum absolute atomic E-state index is 0.115. The number of hydrogen-bond donors (Lipinski definition) is 2. The van der Waals surface area contributed by atoms with Crippen LogP contribution in [0, 0.1) is 0 Å². The van der Waals surface area contributed by atoms with Gasteiger partial charge in [0.15, 0.2) is 5.78 Å². The topological polar surface area (TPSA) is 74.6 Å². The highest BCUT2D eigenvalue weighted by Crippen LogP contribution is 2.12. The molecule has 0 heterocycles. The molecule has 128 valence electrons. The van der Waals surface area contributed by atoms with Gasteiger partial charge in [-0.1, -0.05) is 64.4 Å². The van der Waals surface area contributed by atoms with Gasteiger partial charge in [-0.2, -0.15) is 0 Å². The first-order valence-electron chi connectivity index (χ1n) is 8.65. The Morgan fingerprint density at radius 3 is 2.14 bits per heavy atom. The second-order valence-corrected chi connectivity index (χ2v) is 5.92. The Kier molecular flexibility index (Phi) is 14.0. The fourth-order valence-corrected chi connectivity index (χ4v) is 2.34. The van der Waals surface area contributed by atoms with E-state index in [0.717, 1.165) is 19.3 Å². The van der Waals surface area contributed by atoms with E-state index < -0.39 is 12.1 Å². The number of aliphatic hydroxyl groups is 1. The van der Waals surface area contributed by atoms with Crippen LogP contribution in [0.25, 0.3) is 0 Å². The number of ketones is 1. The molecular weight excluding hydrogens is 280 g/mol. The summed E-state index contributed by atoms with van der Waals surface area (Å²) in [6.45, 7) is 2.22. The highest BCUT2D eigenvalue weighted by atomic mass is 16.4. The van der Waals surface area contributed by atoms with Crippen molar-refractivity contribution in [3.63, 3.8) is 0 Å². The minimum Gasteiger partial charge on any atom is -0.481 e. The van der Waals surface area contributed by atoms with Gasteiger partial charge >= 0.3 is 5.97 Å². The van der Waals surface area contributed by atoms with Crippen molar-refractivity contribution in [2.24, 2.45) is 0 Å². The monoisotopic (exact) mass is 312 g/mol. The van der Waals surface area contributed by atoms with E-state index in [1.165, 1.54) is 50.7 Å². The molecule has 1 unspecified atom stereocenters. The van der Waals surface area contributed by atoms with E-state index in [4.69, 9.17) is 5.11 Å². The summed E-state index contributed by atoms with van der Waals surface area (Å²) in [5.74, 6) is -1.06. The molecule has 0 radical (unpaired) electrons. The van der Waals surface area contributed by atoms with Crippen LogP contribution in [0.4, 0.5) is 0 Å². The summed E-state index contributed by atoms with van der Waals surface area (Å²) in [5, 5.41) is 18.3. The molecule has 22 heavy (non-hydrogen) atoms. The number of aliphatic carboxylic acids is 1. The number of unbranched alkanes of at least 4 members (excludes halogenated alkanes) is 7. The lowest BCUT2D eigenvalue weighted by atomic mass is 10.0. The first-order valence-corrected chi connectivity index (χ1v) is 8.65. The van der Waals surface area contributed by atoms with Gasteiger partial charge in [-0.3, -0.25) is 9.59 Å². The first kappa shape index (κ1) is 20.8. The predicted molar refractivity (Wildman–Crippen MR) is 88.9 cm³/mol. The molecule has 0 fully saturated rings. The third-order valence-electron chi connectivity index (χ3n) is 3.71. The van der Waals surface area contributed by atoms with E-state index >= 15 is 0 Å². The zero-order chi connectivity index (χ0) is 16.6. The Morgan fingerprint density at radius 1 is 0.955 bits per heavy atom. The molecule has 0 aliphatic rings. The lowest BCUT2D eigenvalue weighted by Gasteiger charge is -2.09. The minimum atomic E-state index is -0.946. The Labute approximate surface area is 134 Å². The molecule has 4 heteroatoms. The van der Waals surface area contributed by atoms with Crippen LogP contribution in [0.15, 0.2) is 12.2 Å². The van der Waals surface area contributed by atoms with Gasteiger partial charge in [0.25, 0.3) is 0 Å². The quantitative estimate of drug-likeness (QED) is 0.350. The molecule has 0 spiro atoms. The number of carbonyl (C=O) groups is 2. The van der Waals surface area contributed by atoms with Gasteiger partial charge in [0.2, 0.25) is 0 Å². The van der Waals surface area contributed by atoms with E-state index in [1.54, 1.807) is 0 Å². The maximum Gasteiger partial charge on any atom is 0.307 e. The third kappa shape index (κ3) is 15.2. The van der Waals surface area contributed by atoms with E-state index in [2.05, 4.69) is 6.92 Å². The summed E-state index contributed by atoms with van der Waals surface area (Å²) < 4.78 is 0. The van der Waals surface area contributed by atoms with Gasteiger partial charge in [-0.15, -0.1) is 0 Å². The SMILES string of the molecule is CCCCCCCCCCC(O)CCC(=O)C=CCC(=O)O. The number of rotatable bonds is 15. The fraction of sp³-hybridized carbons (Fsp3) is 0.778. The van der Waals surface area contributed by atoms with Crippen molar-refractivity contribution in [1.29, 1.82) is 0 Å². The second kappa shape index (κ2) is 14.8. The molecule has 0 saturated heterocycles. The summed E-state index contributed by atoms with van der Waals surface area (Å²) in [7, 11) is 0. The van der Waals surface area contributed by atoms with Gasteiger partial charge in [0.1, 0.15) is 0 Å². The van der Waals surface area contributed by atoms with Crippen LogP contribution in [-0.4, -0.2) is 28.1 Å². The van der Waals surface area contributed by atoms with Crippen molar-refractivity contribution >= 4 is 11.8 Å². The predicted octanol–water partition coefficient (Wildman–Crippen LogP) is 4.26. The van der Waals surface area contributed by atoms with Crippen molar-refractivity contribution in [3.8, 4) is 0 Å². The van der Waals surface area contributed by atoms with E-state index in [-0.39, 0.29) is 18.6 Å². The highest BCUT2D eigenvalue weighted by Gasteiger charge is 2.06. The first-order chi connectivity index (χ1) is 10.6. The van der Waals surface area contributed by atoms with Gasteiger partial charge < -0.3 is 10.2 Å². The molecule has 1 atom stereocenters. The third-order valence-corrected chi connectivity index (χ3v) is 3.71. The van der Waals surface area contributed by atoms with Gasteiger partial charge in [-0.25, -0.2) is 0 Å². The smallest absolute Gasteiger partial charge is 0.307 e. The molecule has 0 aliphatic heterocycles. The molecule has 0 bridgehead atoms. The molecule has 0 aromatic heterocycles. The van der Waals surface area contributed by atoms with Crippen LogP contribution in [-0.2, 0) is 9.59 Å². The molecule has 0 rings (SSSR count). The van der Waals surface area contributed by atoms with Crippen molar-refractivity contribution in [2.75, 3.05) is 0 Å². The Bertz CT molecular complexity index is 323. The Morgan fingerprint density at radius 2 is 1.55 bits per heavy atom. The zero-order valence-electron chi connectivity index (χ0n) is 13.9. The Hall–Kier alpha value is -1.16. The highest BCUT2D eigenvalue weighted by molar-refractivity contribution is 5.90. The van der Waals surface area contributed by atoms with Gasteiger partial charge in [0.05, 0.1) is 12.5 Å². The molecule has 0 aliphatic carbocycles. The van der Waals surface area contributed by atoms with Gasteiger partial charge in [0, 0.05) is 6.42 Å². The van der Waals surface area contributed by atoms with Crippen LogP contribution < -0.4 is 0 Å². The molecule has 4 nitrogen and oxygen atoms in total. The fourth-order valence-electron chi connectivity index (χ4n) is 2.34. The van der Waals surface area contributed by atoms with Crippen LogP contribution >= 0.6 is 0 Å². The van der Waals surface area contributed by atoms with E-state index in [0.29, 0.717) is 6.42 Å². The van der Waals surface area contributed by atoms with Crippen LogP contribution in [0.3, 0.4) is 0 Å². The lowest BCUT2D eigenvalue weighted by molar-refractivity contribution is -0.136. The van der Waals surface area contributed by atoms with Crippen LogP contribution in [0.5, 0.6) is 0 Å². The zero-order valence-corrected chi connectivity index (χ0v) is 13.9. The molecule has 0 saturated carbocycles. The summed E-state index contributed by atoms with van der Waals surface area (Å²) in [5.41, 5.74) is 0. The standard InChI is InChI=1S/C18H32O4/c1-2-3-4-5-6-7-8-9-11-16(19)14-15-17(20)12-10-13-18(21)22/h10,12,16,19H,2-9,11,13-15H2,1H3,(H,21,22). The average molecular weight is 312 g/mol. The van der Waals surface area contributed by atoms with Crippen LogP contribution in [0.2, 0.25) is 0 Å². The molecule has 0 aromatic rings. The average Bonchev–Trinajstić information content (AvgIpc) is 2.47. The summed E-state index contributed by atoms with van der Waals surface area (Å²) in [6, 6.07) is 0. The van der Waals surface area contributed by atoms with Crippen LogP contribution in [0.1, 0.15) is 84.0 Å². The molecule has 2 N–H and O–H groups in total. The number of aliphatic hydroxyl groups excluding tert-OH is 1. The maximum absolute atomic E-state index is 11.4. The van der Waals surface area contributed by atoms with Crippen molar-refractivity contribution in [3.05, 3.63) is 12.2 Å². The Balaban J connectivity index is 3.45. The lowest BCUT2D eigenvalue weighted by Crippen LogP contribution is -2.08. The number of carbonyl (C=O) groups excluding carboxylic acids is 1. The van der Waals surface area contributed by atoms with Crippen molar-refractivity contribution in [1.82, 2.24) is 0 Å². The molecular formula is C18H32O4. The van der Waals surface area contributed by atoms with Gasteiger partial charge in [-0.05, 0) is 18.9 Å².